The van der Waals surface area contributed by atoms with Crippen LogP contribution in [-0.4, -0.2) is 81.4 Å². The van der Waals surface area contributed by atoms with E-state index < -0.39 is 0 Å². The lowest BCUT2D eigenvalue weighted by Gasteiger charge is -2.25. The molecule has 0 fully saturated rings. The first-order chi connectivity index (χ1) is 27.9. The summed E-state index contributed by atoms with van der Waals surface area (Å²) in [5.74, 6) is 0.0322. The summed E-state index contributed by atoms with van der Waals surface area (Å²) in [5, 5.41) is 3.44. The number of rotatable bonds is 46. The molecule has 0 rings (SSSR count). The van der Waals surface area contributed by atoms with Crippen LogP contribution in [0, 0.1) is 0 Å². The molecule has 0 radical (unpaired) electrons. The Morgan fingerprint density at radius 1 is 0.456 bits per heavy atom. The summed E-state index contributed by atoms with van der Waals surface area (Å²) >= 11 is 0. The number of ether oxygens (including phenoxy) is 2. The molecule has 0 bridgehead atoms. The molecule has 0 aromatic heterocycles. The molecule has 1 atom stereocenters. The van der Waals surface area contributed by atoms with E-state index in [9.17, 15) is 9.59 Å². The monoisotopic (exact) mass is 808 g/mol. The summed E-state index contributed by atoms with van der Waals surface area (Å²) in [6, 6.07) is 0. The van der Waals surface area contributed by atoms with Crippen LogP contribution in [-0.2, 0) is 19.1 Å². The van der Waals surface area contributed by atoms with E-state index in [0.29, 0.717) is 25.6 Å². The highest BCUT2D eigenvalue weighted by Gasteiger charge is 2.15. The van der Waals surface area contributed by atoms with Crippen molar-refractivity contribution in [1.82, 2.24) is 15.1 Å². The lowest BCUT2D eigenvalue weighted by atomic mass is 10.0. The number of hydrogen-bond donors (Lipinski definition) is 1. The van der Waals surface area contributed by atoms with Gasteiger partial charge in [-0.3, -0.25) is 14.5 Å². The van der Waals surface area contributed by atoms with Crippen molar-refractivity contribution >= 4 is 11.9 Å². The van der Waals surface area contributed by atoms with Gasteiger partial charge >= 0.3 is 11.9 Å². The second-order valence-electron chi connectivity index (χ2n) is 17.7. The highest BCUT2D eigenvalue weighted by molar-refractivity contribution is 5.69. The molecule has 0 aliphatic heterocycles. The number of nitrogens with zero attached hydrogens (tertiary/aromatic N) is 2. The van der Waals surface area contributed by atoms with E-state index in [-0.39, 0.29) is 18.0 Å². The average Bonchev–Trinajstić information content (AvgIpc) is 3.20. The topological polar surface area (TPSA) is 71.1 Å². The number of nitrogens with one attached hydrogen (secondary N) is 1. The minimum Gasteiger partial charge on any atom is -0.466 e. The van der Waals surface area contributed by atoms with Gasteiger partial charge in [0.2, 0.25) is 0 Å². The second kappa shape index (κ2) is 44.4. The van der Waals surface area contributed by atoms with Gasteiger partial charge in [-0.25, -0.2) is 0 Å². The van der Waals surface area contributed by atoms with Crippen LogP contribution >= 0.6 is 0 Å². The lowest BCUT2D eigenvalue weighted by molar-refractivity contribution is -0.150. The minimum atomic E-state index is -0.00638. The molecule has 0 amide bonds. The Bertz CT molecular complexity index is 824. The standard InChI is InChI=1S/C50H101N3O4/c1-7-10-13-16-19-28-37-46-56-49(54)41-31-24-20-26-34-43-53(45-36-33-40-48(51-4)52(5)6)44-35-27-21-25-32-42-50(55)57-47(38-29-22-17-14-11-8-2)39-30-23-18-15-12-9-3/h47-48,51H,7-46H2,1-6H3. The van der Waals surface area contributed by atoms with E-state index in [1.807, 2.05) is 0 Å². The molecular weight excluding hydrogens is 707 g/mol. The van der Waals surface area contributed by atoms with Gasteiger partial charge in [-0.15, -0.1) is 0 Å². The van der Waals surface area contributed by atoms with Crippen LogP contribution in [0.1, 0.15) is 252 Å². The zero-order valence-corrected chi connectivity index (χ0v) is 39.5. The van der Waals surface area contributed by atoms with Crippen molar-refractivity contribution < 1.29 is 19.1 Å². The summed E-state index contributed by atoms with van der Waals surface area (Å²) in [7, 11) is 6.37. The minimum absolute atomic E-state index is 0.00638. The Morgan fingerprint density at radius 3 is 1.28 bits per heavy atom. The molecule has 1 unspecified atom stereocenters. The maximum absolute atomic E-state index is 12.9. The van der Waals surface area contributed by atoms with Crippen molar-refractivity contribution in [2.45, 2.75) is 264 Å². The van der Waals surface area contributed by atoms with Gasteiger partial charge in [-0.05, 0) is 118 Å². The highest BCUT2D eigenvalue weighted by atomic mass is 16.5. The molecular formula is C50H101N3O4. The number of hydrogen-bond acceptors (Lipinski definition) is 7. The van der Waals surface area contributed by atoms with Crippen LogP contribution in [0.3, 0.4) is 0 Å². The van der Waals surface area contributed by atoms with E-state index in [0.717, 1.165) is 44.9 Å². The second-order valence-corrected chi connectivity index (χ2v) is 17.7. The largest absolute Gasteiger partial charge is 0.466 e. The summed E-state index contributed by atoms with van der Waals surface area (Å²) < 4.78 is 11.6. The van der Waals surface area contributed by atoms with Crippen LogP contribution in [0.4, 0.5) is 0 Å². The Balaban J connectivity index is 4.41. The van der Waals surface area contributed by atoms with Crippen molar-refractivity contribution in [2.75, 3.05) is 47.4 Å². The third-order valence-electron chi connectivity index (χ3n) is 11.9. The van der Waals surface area contributed by atoms with E-state index in [1.165, 1.54) is 193 Å². The molecule has 7 heteroatoms. The fourth-order valence-corrected chi connectivity index (χ4v) is 8.07. The van der Waals surface area contributed by atoms with Crippen LogP contribution in [0.15, 0.2) is 0 Å². The van der Waals surface area contributed by atoms with Crippen molar-refractivity contribution in [2.24, 2.45) is 0 Å². The fraction of sp³-hybridized carbons (Fsp3) is 0.960. The highest BCUT2D eigenvalue weighted by Crippen LogP contribution is 2.19. The SMILES string of the molecule is CCCCCCCCCOC(=O)CCCCCCCN(CCCCCCCC(=O)OC(CCCCCCCC)CCCCCCCC)CCCCC(NC)N(C)C. The van der Waals surface area contributed by atoms with Crippen molar-refractivity contribution in [1.29, 1.82) is 0 Å². The Hall–Kier alpha value is -1.18. The first-order valence-electron chi connectivity index (χ1n) is 25.3. The van der Waals surface area contributed by atoms with Crippen LogP contribution in [0.5, 0.6) is 0 Å². The van der Waals surface area contributed by atoms with E-state index in [2.05, 4.69) is 57.0 Å². The van der Waals surface area contributed by atoms with Gasteiger partial charge in [0.1, 0.15) is 6.10 Å². The van der Waals surface area contributed by atoms with Gasteiger partial charge in [-0.2, -0.15) is 0 Å². The van der Waals surface area contributed by atoms with E-state index >= 15 is 0 Å². The van der Waals surface area contributed by atoms with Crippen LogP contribution < -0.4 is 5.32 Å². The van der Waals surface area contributed by atoms with Gasteiger partial charge in [-0.1, -0.05) is 162 Å². The molecule has 0 aliphatic carbocycles. The van der Waals surface area contributed by atoms with Gasteiger partial charge in [0.05, 0.1) is 12.8 Å². The molecule has 1 N–H and O–H groups in total. The van der Waals surface area contributed by atoms with Crippen molar-refractivity contribution in [3.8, 4) is 0 Å². The maximum Gasteiger partial charge on any atom is 0.306 e. The summed E-state index contributed by atoms with van der Waals surface area (Å²) in [6.07, 6.45) is 43.2. The zero-order valence-electron chi connectivity index (χ0n) is 39.5. The molecule has 0 spiro atoms. The van der Waals surface area contributed by atoms with Crippen molar-refractivity contribution in [3.05, 3.63) is 0 Å². The first kappa shape index (κ1) is 55.8. The quantitative estimate of drug-likeness (QED) is 0.0373. The fourth-order valence-electron chi connectivity index (χ4n) is 8.07. The molecule has 0 saturated heterocycles. The molecule has 7 nitrogen and oxygen atoms in total. The predicted octanol–water partition coefficient (Wildman–Crippen LogP) is 14.0. The maximum atomic E-state index is 12.9. The van der Waals surface area contributed by atoms with E-state index in [4.69, 9.17) is 9.47 Å². The third-order valence-corrected chi connectivity index (χ3v) is 11.9. The Morgan fingerprint density at radius 2 is 0.825 bits per heavy atom. The zero-order chi connectivity index (χ0) is 41.9. The number of esters is 2. The molecule has 0 aliphatic rings. The molecule has 0 heterocycles. The van der Waals surface area contributed by atoms with Gasteiger partial charge < -0.3 is 19.7 Å². The first-order valence-corrected chi connectivity index (χ1v) is 25.3. The van der Waals surface area contributed by atoms with Crippen LogP contribution in [0.25, 0.3) is 0 Å². The van der Waals surface area contributed by atoms with Gasteiger partial charge in [0.15, 0.2) is 0 Å². The van der Waals surface area contributed by atoms with Gasteiger partial charge in [0, 0.05) is 12.8 Å². The average molecular weight is 808 g/mol. The Labute approximate surface area is 356 Å². The molecule has 0 aromatic rings. The van der Waals surface area contributed by atoms with Crippen LogP contribution in [0.2, 0.25) is 0 Å². The molecule has 340 valence electrons. The number of carbonyl (C=O) groups excluding carboxylic acids is 2. The third kappa shape index (κ3) is 40.0. The number of carbonyl (C=O) groups is 2. The van der Waals surface area contributed by atoms with E-state index in [1.54, 1.807) is 0 Å². The molecule has 0 aromatic carbocycles. The summed E-state index contributed by atoms with van der Waals surface area (Å²) in [4.78, 5) is 30.0. The lowest BCUT2D eigenvalue weighted by Crippen LogP contribution is -2.39. The summed E-state index contributed by atoms with van der Waals surface area (Å²) in [5.41, 5.74) is 0. The summed E-state index contributed by atoms with van der Waals surface area (Å²) in [6.45, 7) is 10.9. The molecule has 57 heavy (non-hydrogen) atoms. The van der Waals surface area contributed by atoms with Crippen molar-refractivity contribution in [3.63, 3.8) is 0 Å². The van der Waals surface area contributed by atoms with Gasteiger partial charge in [0.25, 0.3) is 0 Å². The molecule has 0 saturated carbocycles. The predicted molar refractivity (Wildman–Crippen MR) is 247 cm³/mol. The smallest absolute Gasteiger partial charge is 0.306 e. The normalized spacial score (nSPS) is 12.3. The number of unbranched alkanes of at least 4 members (excludes halogenated alkanes) is 25. The Kier molecular flexibility index (Phi) is 43.5.